The average Bonchev–Trinajstić information content (AvgIpc) is 3.45. The van der Waals surface area contributed by atoms with Crippen molar-refractivity contribution in [1.82, 2.24) is 15.2 Å². The zero-order chi connectivity index (χ0) is 24.8. The summed E-state index contributed by atoms with van der Waals surface area (Å²) in [7, 11) is 0. The number of benzene rings is 1. The number of thioether (sulfide) groups is 1. The molecular weight excluding hydrogens is 516 g/mol. The molecule has 3 aromatic rings. The van der Waals surface area contributed by atoms with Crippen molar-refractivity contribution in [3.63, 3.8) is 0 Å². The molecule has 0 radical (unpaired) electrons. The van der Waals surface area contributed by atoms with Crippen LogP contribution in [0.2, 0.25) is 0 Å². The van der Waals surface area contributed by atoms with Crippen LogP contribution in [0, 0.1) is 0 Å². The zero-order valence-electron chi connectivity index (χ0n) is 20.3. The number of nitrogens with zero attached hydrogens (tertiary/aromatic N) is 1. The monoisotopic (exact) mass is 546 g/mol. The number of H-pyrrole nitrogens is 1. The highest BCUT2D eigenvalue weighted by molar-refractivity contribution is 8.02. The first-order valence-electron chi connectivity index (χ1n) is 11.9. The molecule has 0 unspecified atom stereocenters. The van der Waals surface area contributed by atoms with Crippen molar-refractivity contribution < 1.29 is 14.4 Å². The fourth-order valence-corrected chi connectivity index (χ4v) is 7.70. The quantitative estimate of drug-likeness (QED) is 0.445. The predicted octanol–water partition coefficient (Wildman–Crippen LogP) is 4.16. The number of amides is 2. The van der Waals surface area contributed by atoms with Crippen LogP contribution in [0.1, 0.15) is 49.0 Å². The number of fused-ring (bicyclic) bond motifs is 2. The van der Waals surface area contributed by atoms with E-state index in [1.807, 2.05) is 46.8 Å². The van der Waals surface area contributed by atoms with Gasteiger partial charge in [-0.15, -0.1) is 35.5 Å². The molecule has 0 saturated carbocycles. The molecule has 2 aliphatic rings. The third-order valence-electron chi connectivity index (χ3n) is 7.00. The average molecular weight is 547 g/mol. The first-order valence-corrected chi connectivity index (χ1v) is 13.6. The molecule has 4 N–H and O–H groups in total. The standard InChI is InChI=1S/C26H30N4O3S2.ClH/c1-25(2,27)24(33)29-20(13-16-15-28-19-6-4-3-5-17(16)19)22(32)30-10-8-26(9-11-30)14-21(31)18-7-12-34-23(18)35-26;/h3-7,12,15,20,28H,8-11,13-14,27H2,1-2H3,(H,29,33);1H/t20-;/m1./s1. The van der Waals surface area contributed by atoms with Crippen molar-refractivity contribution in [2.75, 3.05) is 13.1 Å². The van der Waals surface area contributed by atoms with E-state index in [4.69, 9.17) is 5.73 Å². The minimum atomic E-state index is -1.10. The van der Waals surface area contributed by atoms with Crippen LogP contribution < -0.4 is 11.1 Å². The minimum Gasteiger partial charge on any atom is -0.361 e. The molecule has 2 amide bonds. The molecule has 4 heterocycles. The number of nitrogens with two attached hydrogens (primary N) is 1. The number of nitrogens with one attached hydrogen (secondary N) is 2. The van der Waals surface area contributed by atoms with Crippen molar-refractivity contribution >= 4 is 64.0 Å². The number of carbonyl (C=O) groups excluding carboxylic acids is 3. The summed E-state index contributed by atoms with van der Waals surface area (Å²) >= 11 is 3.42. The maximum atomic E-state index is 13.7. The van der Waals surface area contributed by atoms with Gasteiger partial charge in [0, 0.05) is 53.3 Å². The van der Waals surface area contributed by atoms with Crippen molar-refractivity contribution in [3.05, 3.63) is 53.0 Å². The molecule has 7 nitrogen and oxygen atoms in total. The summed E-state index contributed by atoms with van der Waals surface area (Å²) < 4.78 is 0.941. The van der Waals surface area contributed by atoms with Crippen LogP contribution >= 0.6 is 35.5 Å². The summed E-state index contributed by atoms with van der Waals surface area (Å²) in [5.74, 6) is -0.260. The Bertz CT molecular complexity index is 1290. The second kappa shape index (κ2) is 10.2. The van der Waals surface area contributed by atoms with Crippen molar-refractivity contribution in [3.8, 4) is 0 Å². The van der Waals surface area contributed by atoms with Crippen LogP contribution in [0.5, 0.6) is 0 Å². The smallest absolute Gasteiger partial charge is 0.245 e. The lowest BCUT2D eigenvalue weighted by Crippen LogP contribution is -2.58. The largest absolute Gasteiger partial charge is 0.361 e. The summed E-state index contributed by atoms with van der Waals surface area (Å²) in [5, 5.41) is 5.93. The van der Waals surface area contributed by atoms with Gasteiger partial charge in [-0.05, 0) is 49.8 Å². The van der Waals surface area contributed by atoms with Crippen LogP contribution in [0.3, 0.4) is 0 Å². The zero-order valence-corrected chi connectivity index (χ0v) is 22.8. The van der Waals surface area contributed by atoms with Crippen molar-refractivity contribution in [1.29, 1.82) is 0 Å². The van der Waals surface area contributed by atoms with Gasteiger partial charge >= 0.3 is 0 Å². The molecule has 2 aliphatic heterocycles. The van der Waals surface area contributed by atoms with E-state index in [0.29, 0.717) is 25.9 Å². The molecule has 192 valence electrons. The maximum Gasteiger partial charge on any atom is 0.245 e. The van der Waals surface area contributed by atoms with Crippen LogP contribution in [0.15, 0.2) is 46.1 Å². The van der Waals surface area contributed by atoms with Crippen LogP contribution in [0.25, 0.3) is 10.9 Å². The topological polar surface area (TPSA) is 108 Å². The number of para-hydroxylation sites is 1. The number of halogens is 1. The van der Waals surface area contributed by atoms with Gasteiger partial charge in [0.05, 0.1) is 9.75 Å². The first-order chi connectivity index (χ1) is 16.7. The number of ketones is 1. The van der Waals surface area contributed by atoms with Gasteiger partial charge in [-0.2, -0.15) is 0 Å². The van der Waals surface area contributed by atoms with Gasteiger partial charge in [-0.25, -0.2) is 0 Å². The number of aromatic amines is 1. The Kier molecular flexibility index (Phi) is 7.57. The second-order valence-corrected chi connectivity index (χ2v) is 12.8. The van der Waals surface area contributed by atoms with Crippen LogP contribution in [-0.2, 0) is 16.0 Å². The molecule has 1 aromatic carbocycles. The number of likely N-dealkylation sites (tertiary alicyclic amines) is 1. The number of piperidine rings is 1. The molecule has 1 atom stereocenters. The Balaban J connectivity index is 0.00000304. The number of Topliss-reactive ketones (excluding diaryl/α,β-unsaturated/α-hetero) is 1. The fourth-order valence-electron chi connectivity index (χ4n) is 4.90. The molecule has 1 fully saturated rings. The number of hydrogen-bond donors (Lipinski definition) is 3. The number of carbonyl (C=O) groups is 3. The summed E-state index contributed by atoms with van der Waals surface area (Å²) in [6.45, 7) is 4.39. The second-order valence-electron chi connectivity index (χ2n) is 10.1. The highest BCUT2D eigenvalue weighted by Gasteiger charge is 2.44. The van der Waals surface area contributed by atoms with E-state index in [1.54, 1.807) is 36.9 Å². The third kappa shape index (κ3) is 5.20. The molecular formula is C26H31ClN4O3S2. The van der Waals surface area contributed by atoms with E-state index in [0.717, 1.165) is 39.1 Å². The molecule has 10 heteroatoms. The Morgan fingerprint density at radius 1 is 1.22 bits per heavy atom. The van der Waals surface area contributed by atoms with Gasteiger partial charge in [-0.3, -0.25) is 14.4 Å². The Hall–Kier alpha value is -2.33. The Labute approximate surface area is 225 Å². The molecule has 1 saturated heterocycles. The maximum absolute atomic E-state index is 13.7. The van der Waals surface area contributed by atoms with Crippen LogP contribution in [0.4, 0.5) is 0 Å². The Morgan fingerprint density at radius 3 is 2.67 bits per heavy atom. The van der Waals surface area contributed by atoms with Crippen molar-refractivity contribution in [2.45, 2.75) is 60.1 Å². The number of thiophene rings is 1. The first kappa shape index (κ1) is 26.7. The summed E-state index contributed by atoms with van der Waals surface area (Å²) in [6, 6.07) is 9.12. The van der Waals surface area contributed by atoms with Gasteiger partial charge in [0.2, 0.25) is 11.8 Å². The van der Waals surface area contributed by atoms with Gasteiger partial charge < -0.3 is 20.9 Å². The summed E-state index contributed by atoms with van der Waals surface area (Å²) in [4.78, 5) is 44.3. The van der Waals surface area contributed by atoms with Gasteiger partial charge in [0.25, 0.3) is 0 Å². The third-order valence-corrected chi connectivity index (χ3v) is 9.63. The van der Waals surface area contributed by atoms with E-state index in [2.05, 4.69) is 10.3 Å². The molecule has 5 rings (SSSR count). The molecule has 0 aliphatic carbocycles. The fraction of sp³-hybridized carbons (Fsp3) is 0.423. The molecule has 0 bridgehead atoms. The molecule has 2 aromatic heterocycles. The highest BCUT2D eigenvalue weighted by atomic mass is 35.5. The lowest BCUT2D eigenvalue weighted by atomic mass is 9.88. The molecule has 36 heavy (non-hydrogen) atoms. The normalized spacial score (nSPS) is 18.0. The minimum absolute atomic E-state index is 0. The summed E-state index contributed by atoms with van der Waals surface area (Å²) in [6.07, 6.45) is 4.29. The predicted molar refractivity (Wildman–Crippen MR) is 147 cm³/mol. The lowest BCUT2D eigenvalue weighted by Gasteiger charge is -2.43. The van der Waals surface area contributed by atoms with E-state index < -0.39 is 11.6 Å². The van der Waals surface area contributed by atoms with Crippen LogP contribution in [-0.4, -0.2) is 56.9 Å². The molecule has 1 spiro atoms. The van der Waals surface area contributed by atoms with Gasteiger partial charge in [0.1, 0.15) is 6.04 Å². The lowest BCUT2D eigenvalue weighted by molar-refractivity contribution is -0.138. The SMILES string of the molecule is CC(C)(N)C(=O)N[C@H](Cc1c[nH]c2ccccc12)C(=O)N1CCC2(CC1)CC(=O)c1ccsc1S2.Cl. The van der Waals surface area contributed by atoms with E-state index in [9.17, 15) is 14.4 Å². The number of aromatic nitrogens is 1. The van der Waals surface area contributed by atoms with Gasteiger partial charge in [-0.1, -0.05) is 18.2 Å². The number of hydrogen-bond acceptors (Lipinski definition) is 6. The number of rotatable bonds is 5. The van der Waals surface area contributed by atoms with E-state index >= 15 is 0 Å². The van der Waals surface area contributed by atoms with E-state index in [-0.39, 0.29) is 34.8 Å². The Morgan fingerprint density at radius 2 is 1.94 bits per heavy atom. The van der Waals surface area contributed by atoms with Gasteiger partial charge in [0.15, 0.2) is 5.78 Å². The highest BCUT2D eigenvalue weighted by Crippen LogP contribution is 2.50. The van der Waals surface area contributed by atoms with E-state index in [1.165, 1.54) is 0 Å². The van der Waals surface area contributed by atoms with Crippen molar-refractivity contribution in [2.24, 2.45) is 5.73 Å². The summed E-state index contributed by atoms with van der Waals surface area (Å²) in [5.41, 5.74) is 7.74.